The van der Waals surface area contributed by atoms with Gasteiger partial charge >= 0.3 is 5.97 Å². The van der Waals surface area contributed by atoms with Crippen LogP contribution >= 0.6 is 23.1 Å². The van der Waals surface area contributed by atoms with E-state index in [0.717, 1.165) is 28.4 Å². The first kappa shape index (κ1) is 21.9. The summed E-state index contributed by atoms with van der Waals surface area (Å²) in [6, 6.07) is 15.7. The number of hydrogen-bond acceptors (Lipinski definition) is 7. The first-order valence-electron chi connectivity index (χ1n) is 10.7. The summed E-state index contributed by atoms with van der Waals surface area (Å²) >= 11 is 2.52. The molecule has 1 aliphatic heterocycles. The highest BCUT2D eigenvalue weighted by Crippen LogP contribution is 2.46. The predicted molar refractivity (Wildman–Crippen MR) is 132 cm³/mol. The second-order valence-corrected chi connectivity index (χ2v) is 10.9. The molecule has 0 bridgehead atoms. The molecule has 0 amide bonds. The van der Waals surface area contributed by atoms with Crippen molar-refractivity contribution in [1.82, 2.24) is 8.75 Å². The standard InChI is InChI=1S/C26H24N2O3S2/c1-15-11-22(32-14-15)26(30)19(12-16-5-8-18(9-6-16)25(2,3)4)23(24(29)31-26)17-7-10-20-21(13-17)28-33-27-20/h5-11,13-14,30H,12H2,1-4H3. The monoisotopic (exact) mass is 476 g/mol. The molecule has 0 spiro atoms. The lowest BCUT2D eigenvalue weighted by Crippen LogP contribution is -2.28. The SMILES string of the molecule is Cc1csc(C2(O)OC(=O)C(c3ccc4nsnc4c3)=C2Cc2ccc(C(C)(C)C)cc2)c1. The highest BCUT2D eigenvalue weighted by molar-refractivity contribution is 7.10. The number of aliphatic hydroxyl groups is 1. The zero-order valence-electron chi connectivity index (χ0n) is 18.9. The number of aryl methyl sites for hydroxylation is 1. The maximum Gasteiger partial charge on any atom is 0.342 e. The molecule has 4 aromatic rings. The summed E-state index contributed by atoms with van der Waals surface area (Å²) in [5.41, 5.74) is 6.37. The third-order valence-corrected chi connectivity index (χ3v) is 7.66. The largest absolute Gasteiger partial charge is 0.420 e. The van der Waals surface area contributed by atoms with Gasteiger partial charge < -0.3 is 9.84 Å². The highest BCUT2D eigenvalue weighted by Gasteiger charge is 2.49. The van der Waals surface area contributed by atoms with Gasteiger partial charge in [-0.25, -0.2) is 4.79 Å². The molecule has 7 heteroatoms. The Labute approximate surface area is 200 Å². The number of rotatable bonds is 4. The van der Waals surface area contributed by atoms with Gasteiger partial charge in [0.05, 0.1) is 22.2 Å². The van der Waals surface area contributed by atoms with Crippen LogP contribution in [0.3, 0.4) is 0 Å². The third kappa shape index (κ3) is 3.90. The zero-order chi connectivity index (χ0) is 23.4. The molecule has 0 saturated carbocycles. The van der Waals surface area contributed by atoms with Gasteiger partial charge in [0.1, 0.15) is 11.0 Å². The van der Waals surface area contributed by atoms with Crippen molar-refractivity contribution in [2.24, 2.45) is 0 Å². The van der Waals surface area contributed by atoms with E-state index in [4.69, 9.17) is 4.74 Å². The molecule has 0 aliphatic carbocycles. The molecule has 0 fully saturated rings. The Bertz CT molecular complexity index is 1390. The molecule has 1 N–H and O–H groups in total. The second-order valence-electron chi connectivity index (χ2n) is 9.47. The quantitative estimate of drug-likeness (QED) is 0.379. The summed E-state index contributed by atoms with van der Waals surface area (Å²) in [7, 11) is 0. The Hall–Kier alpha value is -2.87. The minimum atomic E-state index is -1.80. The lowest BCUT2D eigenvalue weighted by atomic mass is 9.85. The predicted octanol–water partition coefficient (Wildman–Crippen LogP) is 5.76. The van der Waals surface area contributed by atoms with Crippen LogP contribution in [0, 0.1) is 6.92 Å². The van der Waals surface area contributed by atoms with E-state index >= 15 is 0 Å². The van der Waals surface area contributed by atoms with Crippen molar-refractivity contribution in [1.29, 1.82) is 0 Å². The number of aromatic nitrogens is 2. The minimum Gasteiger partial charge on any atom is -0.420 e. The molecule has 33 heavy (non-hydrogen) atoms. The fraction of sp³-hybridized carbons (Fsp3) is 0.269. The van der Waals surface area contributed by atoms with Crippen LogP contribution in [-0.4, -0.2) is 19.8 Å². The van der Waals surface area contributed by atoms with Crippen LogP contribution in [0.25, 0.3) is 16.6 Å². The first-order chi connectivity index (χ1) is 15.6. The molecule has 2 aromatic carbocycles. The van der Waals surface area contributed by atoms with Crippen molar-refractivity contribution in [2.75, 3.05) is 0 Å². The van der Waals surface area contributed by atoms with Gasteiger partial charge in [-0.1, -0.05) is 51.1 Å². The zero-order valence-corrected chi connectivity index (χ0v) is 20.5. The van der Waals surface area contributed by atoms with E-state index in [-0.39, 0.29) is 5.41 Å². The molecular weight excluding hydrogens is 452 g/mol. The lowest BCUT2D eigenvalue weighted by molar-refractivity contribution is -0.184. The Balaban J connectivity index is 1.65. The smallest absolute Gasteiger partial charge is 0.342 e. The summed E-state index contributed by atoms with van der Waals surface area (Å²) in [6.07, 6.45) is 0.381. The van der Waals surface area contributed by atoms with Crippen molar-refractivity contribution in [3.05, 3.63) is 86.6 Å². The summed E-state index contributed by atoms with van der Waals surface area (Å²) in [6.45, 7) is 8.48. The molecule has 1 unspecified atom stereocenters. The van der Waals surface area contributed by atoms with Crippen LogP contribution in [-0.2, 0) is 27.2 Å². The molecule has 1 atom stereocenters. The summed E-state index contributed by atoms with van der Waals surface area (Å²) < 4.78 is 14.3. The number of cyclic esters (lactones) is 1. The van der Waals surface area contributed by atoms with E-state index in [9.17, 15) is 9.90 Å². The van der Waals surface area contributed by atoms with Gasteiger partial charge in [-0.3, -0.25) is 0 Å². The average Bonchev–Trinajstić information content (AvgIpc) is 3.46. The summed E-state index contributed by atoms with van der Waals surface area (Å²) in [5, 5.41) is 13.7. The van der Waals surface area contributed by atoms with Gasteiger partial charge in [-0.05, 0) is 58.2 Å². The van der Waals surface area contributed by atoms with Crippen LogP contribution < -0.4 is 0 Å². The molecule has 168 valence electrons. The van der Waals surface area contributed by atoms with Crippen molar-refractivity contribution in [2.45, 2.75) is 45.3 Å². The van der Waals surface area contributed by atoms with E-state index in [2.05, 4.69) is 53.8 Å². The minimum absolute atomic E-state index is 0.0433. The molecule has 2 aromatic heterocycles. The maximum atomic E-state index is 13.2. The number of benzene rings is 2. The average molecular weight is 477 g/mol. The molecule has 0 saturated heterocycles. The Kier molecular flexibility index (Phi) is 5.23. The number of ether oxygens (including phenoxy) is 1. The number of carbonyl (C=O) groups is 1. The van der Waals surface area contributed by atoms with E-state index in [1.807, 2.05) is 36.6 Å². The van der Waals surface area contributed by atoms with Crippen molar-refractivity contribution in [3.8, 4) is 0 Å². The molecule has 0 radical (unpaired) electrons. The van der Waals surface area contributed by atoms with E-state index in [1.165, 1.54) is 16.9 Å². The maximum absolute atomic E-state index is 13.2. The van der Waals surface area contributed by atoms with Crippen LogP contribution in [0.2, 0.25) is 0 Å². The second kappa shape index (κ2) is 7.87. The first-order valence-corrected chi connectivity index (χ1v) is 12.3. The highest BCUT2D eigenvalue weighted by atomic mass is 32.1. The lowest BCUT2D eigenvalue weighted by Gasteiger charge is -2.24. The summed E-state index contributed by atoms with van der Waals surface area (Å²) in [4.78, 5) is 13.8. The van der Waals surface area contributed by atoms with Crippen LogP contribution in [0.4, 0.5) is 0 Å². The van der Waals surface area contributed by atoms with Crippen LogP contribution in [0.15, 0.2) is 59.5 Å². The Morgan fingerprint density at radius 2 is 1.76 bits per heavy atom. The van der Waals surface area contributed by atoms with Crippen molar-refractivity contribution < 1.29 is 14.6 Å². The molecular formula is C26H24N2O3S2. The molecule has 3 heterocycles. The Morgan fingerprint density at radius 3 is 2.42 bits per heavy atom. The third-order valence-electron chi connectivity index (χ3n) is 5.96. The number of fused-ring (bicyclic) bond motifs is 1. The van der Waals surface area contributed by atoms with Crippen LogP contribution in [0.5, 0.6) is 0 Å². The fourth-order valence-corrected chi connectivity index (χ4v) is 5.59. The van der Waals surface area contributed by atoms with Gasteiger partial charge in [-0.2, -0.15) is 8.75 Å². The topological polar surface area (TPSA) is 72.3 Å². The number of nitrogens with zero attached hydrogens (tertiary/aromatic N) is 2. The van der Waals surface area contributed by atoms with E-state index < -0.39 is 11.8 Å². The number of carbonyl (C=O) groups excluding carboxylic acids is 1. The van der Waals surface area contributed by atoms with Gasteiger partial charge in [-0.15, -0.1) is 11.3 Å². The van der Waals surface area contributed by atoms with Crippen molar-refractivity contribution >= 4 is 45.6 Å². The summed E-state index contributed by atoms with van der Waals surface area (Å²) in [5.74, 6) is -2.34. The Morgan fingerprint density at radius 1 is 1.03 bits per heavy atom. The fourth-order valence-electron chi connectivity index (χ4n) is 4.11. The van der Waals surface area contributed by atoms with Gasteiger partial charge in [0, 0.05) is 12.0 Å². The normalized spacial score (nSPS) is 18.9. The number of hydrogen-bond donors (Lipinski definition) is 1. The van der Waals surface area contributed by atoms with Gasteiger partial charge in [0.15, 0.2) is 0 Å². The van der Waals surface area contributed by atoms with Gasteiger partial charge in [0.2, 0.25) is 0 Å². The number of esters is 1. The van der Waals surface area contributed by atoms with Crippen molar-refractivity contribution in [3.63, 3.8) is 0 Å². The molecule has 5 nitrogen and oxygen atoms in total. The van der Waals surface area contributed by atoms with Gasteiger partial charge in [0.25, 0.3) is 5.79 Å². The molecule has 1 aliphatic rings. The van der Waals surface area contributed by atoms with E-state index in [1.54, 1.807) is 0 Å². The van der Waals surface area contributed by atoms with Crippen LogP contribution in [0.1, 0.15) is 47.9 Å². The molecule has 5 rings (SSSR count). The van der Waals surface area contributed by atoms with E-state index in [0.29, 0.717) is 33.5 Å². The number of thiophene rings is 1.